The SMILES string of the molecule is CCCCCCCCCCCCCCCCCCCCCCCOCC(O)CN(CC(O)COCCCCCCCCCCCCCCCCCCCCCCC)c1ccc(N(CC(O)COCCCCCCCCCCCCCCCCCCCCCCC)CC(O)COCCCCCCCCCCCCCCCCCCCCCCC)cc1. The lowest BCUT2D eigenvalue weighted by atomic mass is 10.0. The zero-order valence-electron chi connectivity index (χ0n) is 81.8. The van der Waals surface area contributed by atoms with Crippen molar-refractivity contribution in [2.24, 2.45) is 0 Å². The Morgan fingerprint density at radius 1 is 0.167 bits per heavy atom. The molecule has 4 unspecified atom stereocenters. The number of ether oxygens (including phenoxy) is 4. The first kappa shape index (κ1) is 117. The molecular weight excluding hydrogens is 1480 g/mol. The van der Waals surface area contributed by atoms with Gasteiger partial charge in [-0.15, -0.1) is 0 Å². The second-order valence-electron chi connectivity index (χ2n) is 38.5. The summed E-state index contributed by atoms with van der Waals surface area (Å²) in [5.41, 5.74) is 1.77. The predicted octanol–water partition coefficient (Wildman–Crippen LogP) is 33.7. The third-order valence-electron chi connectivity index (χ3n) is 26.1. The molecule has 10 heteroatoms. The number of rotatable bonds is 106. The van der Waals surface area contributed by atoms with E-state index >= 15 is 0 Å². The summed E-state index contributed by atoms with van der Waals surface area (Å²) in [5.74, 6) is 0. The van der Waals surface area contributed by atoms with Crippen LogP contribution in [0, 0.1) is 0 Å². The summed E-state index contributed by atoms with van der Waals surface area (Å²) in [5, 5.41) is 46.3. The summed E-state index contributed by atoms with van der Waals surface area (Å²) in [7, 11) is 0. The Kier molecular flexibility index (Phi) is 96.8. The monoisotopic (exact) mass is 1690 g/mol. The molecule has 0 radical (unpaired) electrons. The molecule has 0 saturated carbocycles. The van der Waals surface area contributed by atoms with E-state index in [-0.39, 0.29) is 26.4 Å². The Morgan fingerprint density at radius 3 is 0.375 bits per heavy atom. The molecule has 0 aliphatic heterocycles. The summed E-state index contributed by atoms with van der Waals surface area (Å²) in [6.07, 6.45) is 112. The highest BCUT2D eigenvalue weighted by molar-refractivity contribution is 5.57. The van der Waals surface area contributed by atoms with Crippen molar-refractivity contribution in [1.82, 2.24) is 0 Å². The van der Waals surface area contributed by atoms with Crippen molar-refractivity contribution in [2.45, 2.75) is 591 Å². The highest BCUT2D eigenvalue weighted by atomic mass is 16.5. The Hall–Kier alpha value is -1.50. The summed E-state index contributed by atoms with van der Waals surface area (Å²) in [6.45, 7) is 14.0. The third kappa shape index (κ3) is 88.5. The maximum Gasteiger partial charge on any atom is 0.0948 e. The number of aliphatic hydroxyl groups excluding tert-OH is 4. The van der Waals surface area contributed by atoms with Crippen molar-refractivity contribution in [2.75, 3.05) is 88.8 Å². The van der Waals surface area contributed by atoms with E-state index in [1.54, 1.807) is 0 Å². The standard InChI is InChI=1S/C110H216N2O8/c1-5-9-13-17-21-25-29-33-37-41-45-49-53-57-61-65-69-73-77-81-85-93-117-101-107(113)97-111(98-108(114)102-118-94-86-82-78-74-70-66-62-58-54-50-46-42-38-34-30-26-22-18-14-10-6-2)105-89-91-106(92-90-105)112(99-109(115)103-119-95-87-83-79-75-71-67-63-59-55-51-47-43-39-35-31-27-23-19-15-11-7-3)100-110(116)104-120-96-88-84-80-76-72-68-64-60-56-52-48-44-40-36-32-28-24-20-16-12-8-4/h89-92,107-110,113-116H,5-88,93-104H2,1-4H3. The number of anilines is 2. The van der Waals surface area contributed by atoms with Gasteiger partial charge in [-0.25, -0.2) is 0 Å². The molecule has 4 atom stereocenters. The molecule has 1 rings (SSSR count). The quantitative estimate of drug-likeness (QED) is 0.0469. The van der Waals surface area contributed by atoms with Crippen molar-refractivity contribution in [1.29, 1.82) is 0 Å². The van der Waals surface area contributed by atoms with Gasteiger partial charge >= 0.3 is 0 Å². The van der Waals surface area contributed by atoms with Crippen molar-refractivity contribution in [3.8, 4) is 0 Å². The van der Waals surface area contributed by atoms with Crippen LogP contribution >= 0.6 is 0 Å². The van der Waals surface area contributed by atoms with Crippen LogP contribution in [0.3, 0.4) is 0 Å². The van der Waals surface area contributed by atoms with Crippen LogP contribution in [-0.2, 0) is 18.9 Å². The lowest BCUT2D eigenvalue weighted by molar-refractivity contribution is 0.0282. The van der Waals surface area contributed by atoms with Crippen molar-refractivity contribution >= 4 is 11.4 Å². The van der Waals surface area contributed by atoms with E-state index in [0.717, 1.165) is 62.7 Å². The number of hydrogen-bond acceptors (Lipinski definition) is 10. The van der Waals surface area contributed by atoms with Gasteiger partial charge in [0.2, 0.25) is 0 Å². The van der Waals surface area contributed by atoms with Crippen molar-refractivity contribution in [3.63, 3.8) is 0 Å². The first-order chi connectivity index (χ1) is 59.3. The molecule has 1 aromatic rings. The Bertz CT molecular complexity index is 1760. The van der Waals surface area contributed by atoms with Gasteiger partial charge in [0, 0.05) is 64.0 Å². The number of nitrogens with zero attached hydrogens (tertiary/aromatic N) is 2. The van der Waals surface area contributed by atoms with E-state index < -0.39 is 24.4 Å². The second kappa shape index (κ2) is 99.7. The number of aliphatic hydroxyl groups is 4. The maximum atomic E-state index is 11.6. The minimum atomic E-state index is -0.740. The Morgan fingerprint density at radius 2 is 0.267 bits per heavy atom. The van der Waals surface area contributed by atoms with Gasteiger partial charge in [-0.3, -0.25) is 0 Å². The fraction of sp³-hybridized carbons (Fsp3) is 0.945. The lowest BCUT2D eigenvalue weighted by Crippen LogP contribution is -2.42. The molecule has 4 N–H and O–H groups in total. The molecule has 0 heterocycles. The molecular formula is C110H216N2O8. The fourth-order valence-corrected chi connectivity index (χ4v) is 18.1. The van der Waals surface area contributed by atoms with Gasteiger partial charge in [0.1, 0.15) is 0 Å². The van der Waals surface area contributed by atoms with Crippen LogP contribution in [0.4, 0.5) is 11.4 Å². The van der Waals surface area contributed by atoms with Crippen molar-refractivity contribution in [3.05, 3.63) is 24.3 Å². The average molecular weight is 1690 g/mol. The molecule has 0 fully saturated rings. The average Bonchev–Trinajstić information content (AvgIpc) is 0.840. The smallest absolute Gasteiger partial charge is 0.0948 e. The molecule has 714 valence electrons. The molecule has 1 aromatic carbocycles. The topological polar surface area (TPSA) is 124 Å². The van der Waals surface area contributed by atoms with E-state index in [0.29, 0.717) is 52.6 Å². The van der Waals surface area contributed by atoms with Crippen LogP contribution in [0.2, 0.25) is 0 Å². The molecule has 120 heavy (non-hydrogen) atoms. The van der Waals surface area contributed by atoms with Crippen LogP contribution in [0.15, 0.2) is 24.3 Å². The van der Waals surface area contributed by atoms with Gasteiger partial charge in [0.15, 0.2) is 0 Å². The molecule has 0 aromatic heterocycles. The van der Waals surface area contributed by atoms with Crippen LogP contribution in [0.25, 0.3) is 0 Å². The third-order valence-corrected chi connectivity index (χ3v) is 26.1. The summed E-state index contributed by atoms with van der Waals surface area (Å²) in [6, 6.07) is 8.21. The summed E-state index contributed by atoms with van der Waals surface area (Å²) >= 11 is 0. The highest BCUT2D eigenvalue weighted by Crippen LogP contribution is 2.26. The zero-order chi connectivity index (χ0) is 86.2. The van der Waals surface area contributed by atoms with Gasteiger partial charge in [-0.2, -0.15) is 0 Å². The zero-order valence-corrected chi connectivity index (χ0v) is 81.8. The number of hydrogen-bond donors (Lipinski definition) is 4. The molecule has 0 spiro atoms. The van der Waals surface area contributed by atoms with Gasteiger partial charge in [0.05, 0.1) is 50.8 Å². The molecule has 0 saturated heterocycles. The Labute approximate surface area is 751 Å². The minimum Gasteiger partial charge on any atom is -0.389 e. The predicted molar refractivity (Wildman–Crippen MR) is 529 cm³/mol. The minimum absolute atomic E-state index is 0.243. The maximum absolute atomic E-state index is 11.6. The van der Waals surface area contributed by atoms with E-state index in [2.05, 4.69) is 61.8 Å². The first-order valence-corrected chi connectivity index (χ1v) is 55.0. The molecule has 0 aliphatic rings. The molecule has 10 nitrogen and oxygen atoms in total. The lowest BCUT2D eigenvalue weighted by Gasteiger charge is -2.32. The van der Waals surface area contributed by atoms with E-state index in [1.807, 2.05) is 0 Å². The summed E-state index contributed by atoms with van der Waals surface area (Å²) < 4.78 is 24.6. The van der Waals surface area contributed by atoms with Gasteiger partial charge < -0.3 is 49.2 Å². The molecule has 0 bridgehead atoms. The van der Waals surface area contributed by atoms with E-state index in [1.165, 1.54) is 488 Å². The highest BCUT2D eigenvalue weighted by Gasteiger charge is 2.21. The van der Waals surface area contributed by atoms with Crippen molar-refractivity contribution < 1.29 is 39.4 Å². The number of benzene rings is 1. The first-order valence-electron chi connectivity index (χ1n) is 55.0. The second-order valence-corrected chi connectivity index (χ2v) is 38.5. The van der Waals surface area contributed by atoms with Gasteiger partial charge in [0.25, 0.3) is 0 Å². The van der Waals surface area contributed by atoms with Gasteiger partial charge in [-0.1, -0.05) is 541 Å². The largest absolute Gasteiger partial charge is 0.389 e. The van der Waals surface area contributed by atoms with Gasteiger partial charge in [-0.05, 0) is 49.9 Å². The van der Waals surface area contributed by atoms with E-state index in [4.69, 9.17) is 18.9 Å². The Balaban J connectivity index is 2.79. The van der Waals surface area contributed by atoms with Crippen LogP contribution in [-0.4, -0.2) is 124 Å². The number of unbranched alkanes of at least 4 members (excludes halogenated alkanes) is 80. The fourth-order valence-electron chi connectivity index (χ4n) is 18.1. The molecule has 0 amide bonds. The molecule has 0 aliphatic carbocycles. The summed E-state index contributed by atoms with van der Waals surface area (Å²) in [4.78, 5) is 4.14. The normalized spacial score (nSPS) is 12.9. The van der Waals surface area contributed by atoms with Crippen LogP contribution < -0.4 is 9.80 Å². The van der Waals surface area contributed by atoms with E-state index in [9.17, 15) is 20.4 Å². The van der Waals surface area contributed by atoms with Crippen LogP contribution in [0.5, 0.6) is 0 Å². The van der Waals surface area contributed by atoms with Crippen LogP contribution in [0.1, 0.15) is 567 Å².